The van der Waals surface area contributed by atoms with Crippen molar-refractivity contribution in [1.29, 1.82) is 0 Å². The van der Waals surface area contributed by atoms with Gasteiger partial charge >= 0.3 is 11.9 Å². The predicted octanol–water partition coefficient (Wildman–Crippen LogP) is 0.262. The standard InChI is InChI=1S/C12H14O7/c1-19-9-4-6(2-3-7(9)12(17)18)11(16)8(13)5-10(14)15/h2-4,8,11,13,16H,5H2,1H3,(H,14,15)(H,17,18). The molecule has 1 rings (SSSR count). The van der Waals surface area contributed by atoms with Crippen molar-refractivity contribution in [2.24, 2.45) is 0 Å². The number of methoxy groups -OCH3 is 1. The smallest absolute Gasteiger partial charge is 0.339 e. The number of rotatable bonds is 6. The molecule has 0 aliphatic heterocycles. The van der Waals surface area contributed by atoms with Gasteiger partial charge in [-0.15, -0.1) is 0 Å². The van der Waals surface area contributed by atoms with Crippen LogP contribution >= 0.6 is 0 Å². The molecule has 0 bridgehead atoms. The summed E-state index contributed by atoms with van der Waals surface area (Å²) in [5.74, 6) is -2.42. The Labute approximate surface area is 108 Å². The van der Waals surface area contributed by atoms with Crippen LogP contribution in [-0.2, 0) is 4.79 Å². The van der Waals surface area contributed by atoms with Crippen LogP contribution in [0.1, 0.15) is 28.4 Å². The summed E-state index contributed by atoms with van der Waals surface area (Å²) in [5, 5.41) is 36.7. The van der Waals surface area contributed by atoms with Crippen LogP contribution in [-0.4, -0.2) is 45.6 Å². The number of carboxylic acid groups (broad SMARTS) is 2. The maximum atomic E-state index is 10.9. The van der Waals surface area contributed by atoms with Crippen LogP contribution in [0.4, 0.5) is 0 Å². The number of hydrogen-bond acceptors (Lipinski definition) is 5. The van der Waals surface area contributed by atoms with Gasteiger partial charge in [-0.3, -0.25) is 4.79 Å². The molecule has 0 fully saturated rings. The molecule has 7 nitrogen and oxygen atoms in total. The summed E-state index contributed by atoms with van der Waals surface area (Å²) >= 11 is 0. The number of benzene rings is 1. The van der Waals surface area contributed by atoms with Gasteiger partial charge in [-0.2, -0.15) is 0 Å². The molecule has 104 valence electrons. The molecule has 0 spiro atoms. The number of hydrogen-bond donors (Lipinski definition) is 4. The Morgan fingerprint density at radius 3 is 2.37 bits per heavy atom. The minimum Gasteiger partial charge on any atom is -0.496 e. The zero-order valence-electron chi connectivity index (χ0n) is 10.1. The Morgan fingerprint density at radius 1 is 1.26 bits per heavy atom. The summed E-state index contributed by atoms with van der Waals surface area (Å²) in [5.41, 5.74) is 0.0850. The van der Waals surface area contributed by atoms with E-state index in [2.05, 4.69) is 0 Å². The predicted molar refractivity (Wildman–Crippen MR) is 63.2 cm³/mol. The molecule has 0 heterocycles. The Morgan fingerprint density at radius 2 is 1.89 bits per heavy atom. The Bertz CT molecular complexity index is 483. The highest BCUT2D eigenvalue weighted by Crippen LogP contribution is 2.26. The van der Waals surface area contributed by atoms with Crippen LogP contribution < -0.4 is 4.74 Å². The Balaban J connectivity index is 3.01. The van der Waals surface area contributed by atoms with Crippen molar-refractivity contribution in [3.63, 3.8) is 0 Å². The van der Waals surface area contributed by atoms with Crippen LogP contribution in [0.15, 0.2) is 18.2 Å². The molecule has 0 aliphatic carbocycles. The van der Waals surface area contributed by atoms with Crippen molar-refractivity contribution in [3.05, 3.63) is 29.3 Å². The average molecular weight is 270 g/mol. The highest BCUT2D eigenvalue weighted by Gasteiger charge is 2.23. The third-order valence-corrected chi connectivity index (χ3v) is 2.55. The van der Waals surface area contributed by atoms with E-state index in [1.54, 1.807) is 0 Å². The van der Waals surface area contributed by atoms with Crippen LogP contribution in [0.3, 0.4) is 0 Å². The van der Waals surface area contributed by atoms with E-state index in [1.807, 2.05) is 0 Å². The van der Waals surface area contributed by atoms with Gasteiger partial charge in [-0.25, -0.2) is 4.79 Å². The first kappa shape index (κ1) is 14.9. The lowest BCUT2D eigenvalue weighted by Crippen LogP contribution is -2.22. The fraction of sp³-hybridized carbons (Fsp3) is 0.333. The van der Waals surface area contributed by atoms with Gasteiger partial charge in [0, 0.05) is 0 Å². The lowest BCUT2D eigenvalue weighted by atomic mass is 10.00. The molecule has 0 saturated heterocycles. The monoisotopic (exact) mass is 270 g/mol. The number of ether oxygens (including phenoxy) is 1. The van der Waals surface area contributed by atoms with Gasteiger partial charge in [-0.1, -0.05) is 6.07 Å². The number of aromatic carboxylic acids is 1. The molecular weight excluding hydrogens is 256 g/mol. The molecule has 2 unspecified atom stereocenters. The number of aliphatic hydroxyl groups excluding tert-OH is 2. The lowest BCUT2D eigenvalue weighted by molar-refractivity contribution is -0.141. The van der Waals surface area contributed by atoms with Crippen molar-refractivity contribution in [1.82, 2.24) is 0 Å². The largest absolute Gasteiger partial charge is 0.496 e. The SMILES string of the molecule is COc1cc(C(O)C(O)CC(=O)O)ccc1C(=O)O. The summed E-state index contributed by atoms with van der Waals surface area (Å²) in [7, 11) is 1.27. The number of aliphatic carboxylic acids is 1. The first-order valence-electron chi connectivity index (χ1n) is 5.36. The molecule has 0 aliphatic rings. The van der Waals surface area contributed by atoms with Crippen molar-refractivity contribution in [2.45, 2.75) is 18.6 Å². The minimum atomic E-state index is -1.49. The van der Waals surface area contributed by atoms with Crippen LogP contribution in [0.5, 0.6) is 5.75 Å². The topological polar surface area (TPSA) is 124 Å². The average Bonchev–Trinajstić information content (AvgIpc) is 2.36. The van der Waals surface area contributed by atoms with Gasteiger partial charge in [0.05, 0.1) is 19.6 Å². The summed E-state index contributed by atoms with van der Waals surface area (Å²) < 4.78 is 4.87. The van der Waals surface area contributed by atoms with Crippen molar-refractivity contribution >= 4 is 11.9 Å². The second-order valence-electron chi connectivity index (χ2n) is 3.87. The highest BCUT2D eigenvalue weighted by atomic mass is 16.5. The fourth-order valence-electron chi connectivity index (χ4n) is 1.58. The quantitative estimate of drug-likeness (QED) is 0.584. The zero-order valence-corrected chi connectivity index (χ0v) is 10.1. The molecule has 0 saturated carbocycles. The minimum absolute atomic E-state index is 0.0200. The van der Waals surface area contributed by atoms with E-state index in [1.165, 1.54) is 25.3 Å². The summed E-state index contributed by atoms with van der Waals surface area (Å²) in [6, 6.07) is 3.76. The van der Waals surface area contributed by atoms with Crippen molar-refractivity contribution < 1.29 is 34.8 Å². The molecule has 7 heteroatoms. The van der Waals surface area contributed by atoms with Gasteiger partial charge < -0.3 is 25.2 Å². The first-order chi connectivity index (χ1) is 8.86. The molecular formula is C12H14O7. The van der Waals surface area contributed by atoms with E-state index in [4.69, 9.17) is 14.9 Å². The Hall–Kier alpha value is -2.12. The zero-order chi connectivity index (χ0) is 14.6. The molecule has 19 heavy (non-hydrogen) atoms. The van der Waals surface area contributed by atoms with E-state index >= 15 is 0 Å². The van der Waals surface area contributed by atoms with E-state index in [-0.39, 0.29) is 16.9 Å². The molecule has 1 aromatic carbocycles. The van der Waals surface area contributed by atoms with Gasteiger partial charge in [0.2, 0.25) is 0 Å². The van der Waals surface area contributed by atoms with Crippen molar-refractivity contribution in [3.8, 4) is 5.75 Å². The third-order valence-electron chi connectivity index (χ3n) is 2.55. The molecule has 4 N–H and O–H groups in total. The molecule has 0 amide bonds. The summed E-state index contributed by atoms with van der Waals surface area (Å²) in [6.07, 6.45) is -3.55. The summed E-state index contributed by atoms with van der Waals surface area (Å²) in [6.45, 7) is 0. The van der Waals surface area contributed by atoms with E-state index in [9.17, 15) is 19.8 Å². The second-order valence-corrected chi connectivity index (χ2v) is 3.87. The number of carboxylic acids is 2. The highest BCUT2D eigenvalue weighted by molar-refractivity contribution is 5.91. The van der Waals surface area contributed by atoms with Gasteiger partial charge in [0.1, 0.15) is 17.4 Å². The van der Waals surface area contributed by atoms with Crippen molar-refractivity contribution in [2.75, 3.05) is 7.11 Å². The first-order valence-corrected chi connectivity index (χ1v) is 5.36. The van der Waals surface area contributed by atoms with E-state index < -0.39 is 30.6 Å². The molecule has 2 atom stereocenters. The fourth-order valence-corrected chi connectivity index (χ4v) is 1.58. The Kier molecular flexibility index (Phi) is 4.85. The van der Waals surface area contributed by atoms with Crippen LogP contribution in [0.25, 0.3) is 0 Å². The van der Waals surface area contributed by atoms with E-state index in [0.717, 1.165) is 0 Å². The van der Waals surface area contributed by atoms with E-state index in [0.29, 0.717) is 0 Å². The maximum Gasteiger partial charge on any atom is 0.339 e. The lowest BCUT2D eigenvalue weighted by Gasteiger charge is -2.17. The number of carbonyl (C=O) groups is 2. The number of aliphatic hydroxyl groups is 2. The van der Waals surface area contributed by atoms with Gasteiger partial charge in [0.25, 0.3) is 0 Å². The molecule has 1 aromatic rings. The molecule has 0 aromatic heterocycles. The van der Waals surface area contributed by atoms with Crippen LogP contribution in [0.2, 0.25) is 0 Å². The van der Waals surface area contributed by atoms with Gasteiger partial charge in [0.15, 0.2) is 0 Å². The summed E-state index contributed by atoms with van der Waals surface area (Å²) in [4.78, 5) is 21.3. The normalized spacial score (nSPS) is 13.6. The second kappa shape index (κ2) is 6.17. The van der Waals surface area contributed by atoms with Crippen LogP contribution in [0, 0.1) is 0 Å². The third kappa shape index (κ3) is 3.67. The van der Waals surface area contributed by atoms with Gasteiger partial charge in [-0.05, 0) is 17.7 Å². The molecule has 0 radical (unpaired) electrons. The maximum absolute atomic E-state index is 10.9.